The number of aryl methyl sites for hydroxylation is 1. The Labute approximate surface area is 110 Å². The summed E-state index contributed by atoms with van der Waals surface area (Å²) in [6.45, 7) is 4.56. The van der Waals surface area contributed by atoms with Crippen LogP contribution in [0.15, 0.2) is 28.9 Å². The summed E-state index contributed by atoms with van der Waals surface area (Å²) in [5.41, 5.74) is 0.786. The van der Waals surface area contributed by atoms with Gasteiger partial charge in [-0.05, 0) is 34.8 Å². The van der Waals surface area contributed by atoms with Crippen LogP contribution in [0.5, 0.6) is 0 Å². The van der Waals surface area contributed by atoms with E-state index in [1.54, 1.807) is 0 Å². The molecule has 0 bridgehead atoms. The van der Waals surface area contributed by atoms with E-state index in [9.17, 15) is 4.79 Å². The van der Waals surface area contributed by atoms with Crippen LogP contribution in [0, 0.1) is 0 Å². The third kappa shape index (κ3) is 2.80. The number of carbonyl (C=O) groups is 1. The maximum absolute atomic E-state index is 12.4. The van der Waals surface area contributed by atoms with Gasteiger partial charge < -0.3 is 9.47 Å². The SMILES string of the molecule is CCCn1cc(Br)cc1C(=O)N1CC=CCC1. The summed E-state index contributed by atoms with van der Waals surface area (Å²) in [6, 6.07) is 1.91. The highest BCUT2D eigenvalue weighted by molar-refractivity contribution is 9.10. The van der Waals surface area contributed by atoms with Gasteiger partial charge in [0.05, 0.1) is 0 Å². The van der Waals surface area contributed by atoms with Crippen molar-refractivity contribution in [2.24, 2.45) is 0 Å². The minimum atomic E-state index is 0.133. The molecule has 1 aliphatic rings. The summed E-state index contributed by atoms with van der Waals surface area (Å²) in [6.07, 6.45) is 8.16. The molecule has 17 heavy (non-hydrogen) atoms. The molecule has 0 N–H and O–H groups in total. The Morgan fingerprint density at radius 2 is 2.29 bits per heavy atom. The lowest BCUT2D eigenvalue weighted by molar-refractivity contribution is 0.0760. The normalized spacial score (nSPS) is 15.3. The van der Waals surface area contributed by atoms with Gasteiger partial charge in [0.25, 0.3) is 5.91 Å². The van der Waals surface area contributed by atoms with E-state index >= 15 is 0 Å². The molecule has 1 amide bonds. The van der Waals surface area contributed by atoms with E-state index in [1.807, 2.05) is 21.7 Å². The quantitative estimate of drug-likeness (QED) is 0.787. The van der Waals surface area contributed by atoms with Crippen molar-refractivity contribution in [2.45, 2.75) is 26.3 Å². The molecule has 0 saturated carbocycles. The van der Waals surface area contributed by atoms with Gasteiger partial charge >= 0.3 is 0 Å². The third-order valence-corrected chi connectivity index (χ3v) is 3.33. The molecular weight excluding hydrogens is 280 g/mol. The van der Waals surface area contributed by atoms with E-state index in [1.165, 1.54) is 0 Å². The second-order valence-corrected chi connectivity index (χ2v) is 5.16. The highest BCUT2D eigenvalue weighted by Gasteiger charge is 2.19. The Morgan fingerprint density at radius 1 is 1.47 bits per heavy atom. The van der Waals surface area contributed by atoms with Gasteiger partial charge in [0, 0.05) is 30.3 Å². The van der Waals surface area contributed by atoms with E-state index in [4.69, 9.17) is 0 Å². The van der Waals surface area contributed by atoms with Crippen LogP contribution in [0.2, 0.25) is 0 Å². The number of hydrogen-bond donors (Lipinski definition) is 0. The van der Waals surface area contributed by atoms with Crippen LogP contribution in [0.4, 0.5) is 0 Å². The number of amides is 1. The van der Waals surface area contributed by atoms with Crippen LogP contribution in [0.3, 0.4) is 0 Å². The van der Waals surface area contributed by atoms with Crippen molar-refractivity contribution >= 4 is 21.8 Å². The first-order chi connectivity index (χ1) is 8.22. The first-order valence-electron chi connectivity index (χ1n) is 6.02. The van der Waals surface area contributed by atoms with Crippen LogP contribution >= 0.6 is 15.9 Å². The largest absolute Gasteiger partial charge is 0.342 e. The third-order valence-electron chi connectivity index (χ3n) is 2.89. The second-order valence-electron chi connectivity index (χ2n) is 4.25. The Morgan fingerprint density at radius 3 is 2.94 bits per heavy atom. The smallest absolute Gasteiger partial charge is 0.270 e. The lowest BCUT2D eigenvalue weighted by Crippen LogP contribution is -2.35. The van der Waals surface area contributed by atoms with Gasteiger partial charge in [-0.25, -0.2) is 0 Å². The summed E-state index contributed by atoms with van der Waals surface area (Å²) in [5.74, 6) is 0.133. The Balaban J connectivity index is 2.20. The van der Waals surface area contributed by atoms with E-state index in [2.05, 4.69) is 35.0 Å². The summed E-state index contributed by atoms with van der Waals surface area (Å²) in [7, 11) is 0. The molecule has 0 spiro atoms. The molecule has 0 saturated heterocycles. The second kappa shape index (κ2) is 5.54. The zero-order valence-corrected chi connectivity index (χ0v) is 11.6. The zero-order chi connectivity index (χ0) is 12.3. The molecule has 0 fully saturated rings. The van der Waals surface area contributed by atoms with E-state index < -0.39 is 0 Å². The molecule has 0 aliphatic carbocycles. The van der Waals surface area contributed by atoms with Crippen molar-refractivity contribution in [3.63, 3.8) is 0 Å². The fourth-order valence-corrected chi connectivity index (χ4v) is 2.53. The highest BCUT2D eigenvalue weighted by atomic mass is 79.9. The van der Waals surface area contributed by atoms with Crippen molar-refractivity contribution in [2.75, 3.05) is 13.1 Å². The van der Waals surface area contributed by atoms with Gasteiger partial charge in [-0.1, -0.05) is 19.1 Å². The molecular formula is C13H17BrN2O. The van der Waals surface area contributed by atoms with Crippen LogP contribution in [0.1, 0.15) is 30.3 Å². The Bertz CT molecular complexity index is 437. The molecule has 4 heteroatoms. The molecule has 92 valence electrons. The summed E-state index contributed by atoms with van der Waals surface area (Å²) < 4.78 is 3.01. The standard InChI is InChI=1S/C13H17BrN2O/c1-2-6-16-10-11(14)9-12(16)13(17)15-7-4-3-5-8-15/h3-4,9-10H,2,5-8H2,1H3. The van der Waals surface area contributed by atoms with Crippen molar-refractivity contribution in [3.05, 3.63) is 34.6 Å². The lowest BCUT2D eigenvalue weighted by Gasteiger charge is -2.23. The first-order valence-corrected chi connectivity index (χ1v) is 6.81. The van der Waals surface area contributed by atoms with Gasteiger partial charge in [0.1, 0.15) is 5.69 Å². The molecule has 0 radical (unpaired) electrons. The number of rotatable bonds is 3. The first kappa shape index (κ1) is 12.4. The molecule has 1 aromatic heterocycles. The van der Waals surface area contributed by atoms with Crippen molar-refractivity contribution < 1.29 is 4.79 Å². The highest BCUT2D eigenvalue weighted by Crippen LogP contribution is 2.18. The maximum Gasteiger partial charge on any atom is 0.270 e. The Kier molecular flexibility index (Phi) is 4.05. The minimum absolute atomic E-state index is 0.133. The van der Waals surface area contributed by atoms with Gasteiger partial charge in [0.15, 0.2) is 0 Å². The Hall–Kier alpha value is -1.03. The van der Waals surface area contributed by atoms with E-state index in [0.29, 0.717) is 0 Å². The minimum Gasteiger partial charge on any atom is -0.342 e. The van der Waals surface area contributed by atoms with Crippen LogP contribution < -0.4 is 0 Å². The number of halogens is 1. The lowest BCUT2D eigenvalue weighted by atomic mass is 10.2. The molecule has 0 atom stereocenters. The predicted molar refractivity (Wildman–Crippen MR) is 72.1 cm³/mol. The van der Waals surface area contributed by atoms with Gasteiger partial charge in [-0.15, -0.1) is 0 Å². The molecule has 1 aromatic rings. The average molecular weight is 297 g/mol. The monoisotopic (exact) mass is 296 g/mol. The molecule has 0 aromatic carbocycles. The predicted octanol–water partition coefficient (Wildman–Crippen LogP) is 3.06. The van der Waals surface area contributed by atoms with Crippen molar-refractivity contribution in [3.8, 4) is 0 Å². The van der Waals surface area contributed by atoms with Crippen LogP contribution in [-0.2, 0) is 6.54 Å². The number of nitrogens with zero attached hydrogens (tertiary/aromatic N) is 2. The number of carbonyl (C=O) groups excluding carboxylic acids is 1. The van der Waals surface area contributed by atoms with E-state index in [-0.39, 0.29) is 5.91 Å². The van der Waals surface area contributed by atoms with Gasteiger partial charge in [0.2, 0.25) is 0 Å². The molecule has 2 heterocycles. The van der Waals surface area contributed by atoms with Crippen molar-refractivity contribution in [1.29, 1.82) is 0 Å². The van der Waals surface area contributed by atoms with Crippen LogP contribution in [-0.4, -0.2) is 28.5 Å². The number of aromatic nitrogens is 1. The summed E-state index contributed by atoms with van der Waals surface area (Å²) >= 11 is 3.44. The summed E-state index contributed by atoms with van der Waals surface area (Å²) in [5, 5.41) is 0. The zero-order valence-electron chi connectivity index (χ0n) is 10.0. The summed E-state index contributed by atoms with van der Waals surface area (Å²) in [4.78, 5) is 14.3. The average Bonchev–Trinajstić information content (AvgIpc) is 2.71. The van der Waals surface area contributed by atoms with E-state index in [0.717, 1.165) is 42.6 Å². The molecule has 1 aliphatic heterocycles. The topological polar surface area (TPSA) is 25.2 Å². The number of hydrogen-bond acceptors (Lipinski definition) is 1. The van der Waals surface area contributed by atoms with Crippen molar-refractivity contribution in [1.82, 2.24) is 9.47 Å². The van der Waals surface area contributed by atoms with Crippen LogP contribution in [0.25, 0.3) is 0 Å². The molecule has 2 rings (SSSR count). The fourth-order valence-electron chi connectivity index (χ4n) is 2.07. The molecule has 3 nitrogen and oxygen atoms in total. The fraction of sp³-hybridized carbons (Fsp3) is 0.462. The van der Waals surface area contributed by atoms with Gasteiger partial charge in [-0.2, -0.15) is 0 Å². The maximum atomic E-state index is 12.4. The molecule has 0 unspecified atom stereocenters. The van der Waals surface area contributed by atoms with Gasteiger partial charge in [-0.3, -0.25) is 4.79 Å².